The molecule has 0 aromatic heterocycles. The number of carbonyl (C=O) groups excluding carboxylic acids is 1. The number of piperazine rings is 1. The van der Waals surface area contributed by atoms with Crippen molar-refractivity contribution in [3.63, 3.8) is 0 Å². The second-order valence-corrected chi connectivity index (χ2v) is 6.97. The first-order valence-electron chi connectivity index (χ1n) is 9.69. The van der Waals surface area contributed by atoms with Gasteiger partial charge in [-0.05, 0) is 24.3 Å². The predicted octanol–water partition coefficient (Wildman–Crippen LogP) is 3.02. The minimum absolute atomic E-state index is 0.117. The number of urea groups is 1. The fraction of sp³-hybridized carbons (Fsp3) is 0.381. The third-order valence-corrected chi connectivity index (χ3v) is 5.26. The topological polar surface area (TPSA) is 48.1 Å². The van der Waals surface area contributed by atoms with Crippen molar-refractivity contribution in [2.24, 2.45) is 0 Å². The van der Waals surface area contributed by atoms with Crippen LogP contribution in [0.5, 0.6) is 0 Å². The third kappa shape index (κ3) is 4.04. The van der Waals surface area contributed by atoms with Gasteiger partial charge in [-0.2, -0.15) is 0 Å². The maximum atomic E-state index is 14.0. The van der Waals surface area contributed by atoms with Gasteiger partial charge in [0, 0.05) is 39.3 Å². The number of para-hydroxylation sites is 3. The fourth-order valence-electron chi connectivity index (χ4n) is 3.71. The summed E-state index contributed by atoms with van der Waals surface area (Å²) in [6.45, 7) is 5.35. The van der Waals surface area contributed by atoms with E-state index in [0.29, 0.717) is 45.1 Å². The first-order chi connectivity index (χ1) is 13.7. The number of rotatable bonds is 3. The molecule has 0 radical (unpaired) electrons. The average Bonchev–Trinajstić information content (AvgIpc) is 2.75. The van der Waals surface area contributed by atoms with E-state index in [1.807, 2.05) is 35.2 Å². The van der Waals surface area contributed by atoms with Gasteiger partial charge >= 0.3 is 6.03 Å². The summed E-state index contributed by atoms with van der Waals surface area (Å²) in [5.74, 6) is -0.222. The molecule has 0 saturated carbocycles. The normalized spacial score (nSPS) is 17.5. The highest BCUT2D eigenvalue weighted by atomic mass is 19.1. The Morgan fingerprint density at radius 1 is 0.821 bits per heavy atom. The van der Waals surface area contributed by atoms with E-state index in [9.17, 15) is 9.18 Å². The maximum absolute atomic E-state index is 14.0. The molecule has 2 fully saturated rings. The van der Waals surface area contributed by atoms with Gasteiger partial charge < -0.3 is 24.8 Å². The highest BCUT2D eigenvalue weighted by molar-refractivity contribution is 5.93. The van der Waals surface area contributed by atoms with Crippen LogP contribution in [0.25, 0.3) is 0 Å². The van der Waals surface area contributed by atoms with E-state index in [1.165, 1.54) is 6.07 Å². The van der Waals surface area contributed by atoms with Crippen molar-refractivity contribution in [2.75, 3.05) is 67.6 Å². The molecule has 2 amide bonds. The molecule has 2 aliphatic heterocycles. The lowest BCUT2D eigenvalue weighted by Crippen LogP contribution is -2.50. The number of amides is 2. The first kappa shape index (κ1) is 18.6. The van der Waals surface area contributed by atoms with Gasteiger partial charge in [0.25, 0.3) is 0 Å². The quantitative estimate of drug-likeness (QED) is 0.884. The number of morpholine rings is 1. The summed E-state index contributed by atoms with van der Waals surface area (Å²) in [7, 11) is 0. The number of anilines is 3. The number of carbonyl (C=O) groups is 1. The Labute approximate surface area is 164 Å². The molecule has 148 valence electrons. The largest absolute Gasteiger partial charge is 0.378 e. The van der Waals surface area contributed by atoms with Gasteiger partial charge in [-0.3, -0.25) is 0 Å². The molecule has 2 aromatic rings. The van der Waals surface area contributed by atoms with Gasteiger partial charge in [0.1, 0.15) is 5.82 Å². The van der Waals surface area contributed by atoms with Gasteiger partial charge in [0.15, 0.2) is 0 Å². The molecule has 6 nitrogen and oxygen atoms in total. The van der Waals surface area contributed by atoms with Gasteiger partial charge in [-0.15, -0.1) is 0 Å². The number of nitrogens with one attached hydrogen (secondary N) is 1. The molecule has 7 heteroatoms. The highest BCUT2D eigenvalue weighted by Crippen LogP contribution is 2.27. The average molecular weight is 384 g/mol. The minimum Gasteiger partial charge on any atom is -0.378 e. The standard InChI is InChI=1S/C21H25FN4O2/c22-17-5-1-3-7-19(17)24-9-11-26(12-10-24)21(27)23-18-6-2-4-8-20(18)25-13-15-28-16-14-25/h1-8H,9-16H2,(H,23,27). The van der Waals surface area contributed by atoms with Crippen LogP contribution in [0.2, 0.25) is 0 Å². The molecule has 28 heavy (non-hydrogen) atoms. The molecule has 2 aliphatic rings. The Hall–Kier alpha value is -2.80. The molecule has 4 rings (SSSR count). The summed E-state index contributed by atoms with van der Waals surface area (Å²) in [6.07, 6.45) is 0. The zero-order valence-electron chi connectivity index (χ0n) is 15.8. The molecule has 2 heterocycles. The van der Waals surface area contributed by atoms with E-state index >= 15 is 0 Å². The molecule has 0 bridgehead atoms. The smallest absolute Gasteiger partial charge is 0.322 e. The van der Waals surface area contributed by atoms with E-state index in [2.05, 4.69) is 10.2 Å². The summed E-state index contributed by atoms with van der Waals surface area (Å²) < 4.78 is 19.4. The number of halogens is 1. The minimum atomic E-state index is -0.222. The molecule has 1 N–H and O–H groups in total. The fourth-order valence-corrected chi connectivity index (χ4v) is 3.71. The van der Waals surface area contributed by atoms with E-state index in [-0.39, 0.29) is 11.8 Å². The van der Waals surface area contributed by atoms with Crippen LogP contribution in [0.1, 0.15) is 0 Å². The molecular formula is C21H25FN4O2. The van der Waals surface area contributed by atoms with Crippen LogP contribution in [-0.4, -0.2) is 63.4 Å². The van der Waals surface area contributed by atoms with Gasteiger partial charge in [-0.1, -0.05) is 24.3 Å². The Bertz CT molecular complexity index is 818. The van der Waals surface area contributed by atoms with E-state index < -0.39 is 0 Å². The maximum Gasteiger partial charge on any atom is 0.322 e. The second-order valence-electron chi connectivity index (χ2n) is 6.97. The van der Waals surface area contributed by atoms with Crippen molar-refractivity contribution < 1.29 is 13.9 Å². The zero-order chi connectivity index (χ0) is 19.3. The summed E-state index contributed by atoms with van der Waals surface area (Å²) in [5.41, 5.74) is 2.43. The molecule has 0 atom stereocenters. The third-order valence-electron chi connectivity index (χ3n) is 5.26. The zero-order valence-corrected chi connectivity index (χ0v) is 15.8. The summed E-state index contributed by atoms with van der Waals surface area (Å²) in [4.78, 5) is 18.8. The van der Waals surface area contributed by atoms with Crippen LogP contribution in [0.15, 0.2) is 48.5 Å². The lowest BCUT2D eigenvalue weighted by molar-refractivity contribution is 0.123. The van der Waals surface area contributed by atoms with Crippen LogP contribution < -0.4 is 15.1 Å². The highest BCUT2D eigenvalue weighted by Gasteiger charge is 2.24. The Balaban J connectivity index is 1.38. The summed E-state index contributed by atoms with van der Waals surface area (Å²) in [5, 5.41) is 3.06. The van der Waals surface area contributed by atoms with Crippen molar-refractivity contribution in [1.82, 2.24) is 4.90 Å². The van der Waals surface area contributed by atoms with Crippen LogP contribution in [0.3, 0.4) is 0 Å². The monoisotopic (exact) mass is 384 g/mol. The van der Waals surface area contributed by atoms with E-state index in [4.69, 9.17) is 4.74 Å². The van der Waals surface area contributed by atoms with Crippen LogP contribution in [0.4, 0.5) is 26.2 Å². The second kappa shape index (κ2) is 8.48. The molecule has 2 saturated heterocycles. The van der Waals surface area contributed by atoms with Crippen LogP contribution >= 0.6 is 0 Å². The van der Waals surface area contributed by atoms with Crippen molar-refractivity contribution in [3.8, 4) is 0 Å². The van der Waals surface area contributed by atoms with Crippen LogP contribution in [-0.2, 0) is 4.74 Å². The Morgan fingerprint density at radius 2 is 1.43 bits per heavy atom. The molecule has 2 aromatic carbocycles. The molecule has 0 unspecified atom stereocenters. The Kier molecular flexibility index (Phi) is 5.62. The van der Waals surface area contributed by atoms with Crippen molar-refractivity contribution in [3.05, 3.63) is 54.3 Å². The van der Waals surface area contributed by atoms with Crippen LogP contribution in [0, 0.1) is 5.82 Å². The SMILES string of the molecule is O=C(Nc1ccccc1N1CCOCC1)N1CCN(c2ccccc2F)CC1. The number of nitrogens with zero attached hydrogens (tertiary/aromatic N) is 3. The van der Waals surface area contributed by atoms with Gasteiger partial charge in [-0.25, -0.2) is 9.18 Å². The predicted molar refractivity (Wildman–Crippen MR) is 109 cm³/mol. The van der Waals surface area contributed by atoms with E-state index in [0.717, 1.165) is 24.5 Å². The first-order valence-corrected chi connectivity index (χ1v) is 9.69. The molecule has 0 aliphatic carbocycles. The summed E-state index contributed by atoms with van der Waals surface area (Å²) >= 11 is 0. The number of hydrogen-bond acceptors (Lipinski definition) is 4. The lowest BCUT2D eigenvalue weighted by atomic mass is 10.2. The van der Waals surface area contributed by atoms with Crippen molar-refractivity contribution in [1.29, 1.82) is 0 Å². The number of hydrogen-bond donors (Lipinski definition) is 1. The number of benzene rings is 2. The van der Waals surface area contributed by atoms with Gasteiger partial charge in [0.05, 0.1) is 30.3 Å². The summed E-state index contributed by atoms with van der Waals surface area (Å²) in [6, 6.07) is 14.5. The van der Waals surface area contributed by atoms with Crippen molar-refractivity contribution >= 4 is 23.1 Å². The van der Waals surface area contributed by atoms with Crippen molar-refractivity contribution in [2.45, 2.75) is 0 Å². The lowest BCUT2D eigenvalue weighted by Gasteiger charge is -2.36. The number of ether oxygens (including phenoxy) is 1. The Morgan fingerprint density at radius 3 is 2.14 bits per heavy atom. The van der Waals surface area contributed by atoms with Gasteiger partial charge in [0.2, 0.25) is 0 Å². The molecule has 0 spiro atoms. The molecular weight excluding hydrogens is 359 g/mol. The van der Waals surface area contributed by atoms with E-state index in [1.54, 1.807) is 17.0 Å².